The largest absolute Gasteiger partial charge is 0.480 e. The van der Waals surface area contributed by atoms with Crippen LogP contribution in [0.2, 0.25) is 0 Å². The molecule has 16 heavy (non-hydrogen) atoms. The molecule has 82 valence electrons. The van der Waals surface area contributed by atoms with Gasteiger partial charge >= 0.3 is 5.97 Å². The van der Waals surface area contributed by atoms with E-state index in [0.29, 0.717) is 11.4 Å². The lowest BCUT2D eigenvalue weighted by Crippen LogP contribution is -2.18. The summed E-state index contributed by atoms with van der Waals surface area (Å²) >= 11 is 0. The second-order valence-electron chi connectivity index (χ2n) is 3.20. The second-order valence-corrected chi connectivity index (χ2v) is 3.20. The van der Waals surface area contributed by atoms with Gasteiger partial charge < -0.3 is 5.11 Å². The van der Waals surface area contributed by atoms with Crippen LogP contribution in [-0.2, 0) is 4.79 Å². The Morgan fingerprint density at radius 1 is 1.56 bits per heavy atom. The van der Waals surface area contributed by atoms with Crippen molar-refractivity contribution < 1.29 is 9.90 Å². The van der Waals surface area contributed by atoms with Gasteiger partial charge in [0, 0.05) is 18.0 Å². The maximum atomic E-state index is 10.8. The van der Waals surface area contributed by atoms with Gasteiger partial charge in [-0.25, -0.2) is 9.48 Å². The van der Waals surface area contributed by atoms with E-state index in [1.165, 1.54) is 11.6 Å². The number of nitrogens with zero attached hydrogens (tertiary/aromatic N) is 5. The van der Waals surface area contributed by atoms with E-state index in [9.17, 15) is 4.79 Å². The lowest BCUT2D eigenvalue weighted by molar-refractivity contribution is -0.140. The topological polar surface area (TPSA) is 93.8 Å². The fraction of sp³-hybridized carbons (Fsp3) is 0.222. The van der Waals surface area contributed by atoms with Crippen LogP contribution < -0.4 is 0 Å². The van der Waals surface area contributed by atoms with Crippen LogP contribution in [0.5, 0.6) is 0 Å². The number of hydrogen-bond acceptors (Lipinski definition) is 5. The molecule has 2 aromatic heterocycles. The lowest BCUT2D eigenvalue weighted by Gasteiger charge is -2.07. The van der Waals surface area contributed by atoms with E-state index >= 15 is 0 Å². The van der Waals surface area contributed by atoms with E-state index in [1.54, 1.807) is 24.5 Å². The van der Waals surface area contributed by atoms with Crippen LogP contribution in [0.25, 0.3) is 11.4 Å². The van der Waals surface area contributed by atoms with Crippen LogP contribution in [0.4, 0.5) is 0 Å². The first-order chi connectivity index (χ1) is 7.70. The number of aliphatic carboxylic acids is 1. The molecule has 0 spiro atoms. The van der Waals surface area contributed by atoms with Crippen molar-refractivity contribution in [3.63, 3.8) is 0 Å². The first kappa shape index (κ1) is 10.2. The highest BCUT2D eigenvalue weighted by atomic mass is 16.4. The van der Waals surface area contributed by atoms with Gasteiger partial charge in [0.1, 0.15) is 0 Å². The van der Waals surface area contributed by atoms with Crippen LogP contribution in [0.3, 0.4) is 0 Å². The van der Waals surface area contributed by atoms with Crippen molar-refractivity contribution >= 4 is 5.97 Å². The van der Waals surface area contributed by atoms with E-state index in [2.05, 4.69) is 20.5 Å². The van der Waals surface area contributed by atoms with Gasteiger partial charge in [-0.2, -0.15) is 0 Å². The van der Waals surface area contributed by atoms with Gasteiger partial charge in [-0.15, -0.1) is 5.10 Å². The van der Waals surface area contributed by atoms with Crippen molar-refractivity contribution in [2.45, 2.75) is 13.0 Å². The van der Waals surface area contributed by atoms with Crippen LogP contribution in [0, 0.1) is 0 Å². The molecule has 0 bridgehead atoms. The smallest absolute Gasteiger partial charge is 0.328 e. The molecule has 0 unspecified atom stereocenters. The third-order valence-corrected chi connectivity index (χ3v) is 2.14. The zero-order valence-electron chi connectivity index (χ0n) is 8.48. The molecule has 0 aliphatic carbocycles. The maximum absolute atomic E-state index is 10.8. The predicted molar refractivity (Wildman–Crippen MR) is 53.4 cm³/mol. The minimum absolute atomic E-state index is 0.392. The monoisotopic (exact) mass is 219 g/mol. The highest BCUT2D eigenvalue weighted by Crippen LogP contribution is 2.17. The molecule has 7 heteroatoms. The number of rotatable bonds is 3. The van der Waals surface area contributed by atoms with Gasteiger partial charge in [-0.3, -0.25) is 4.98 Å². The normalized spacial score (nSPS) is 12.3. The van der Waals surface area contributed by atoms with Gasteiger partial charge in [0.25, 0.3) is 0 Å². The van der Waals surface area contributed by atoms with Crippen molar-refractivity contribution in [2.24, 2.45) is 0 Å². The summed E-state index contributed by atoms with van der Waals surface area (Å²) in [4.78, 5) is 14.8. The van der Waals surface area contributed by atoms with E-state index in [1.807, 2.05) is 0 Å². The SMILES string of the molecule is C[C@H](C(=O)O)n1nnnc1-c1cccnc1. The average Bonchev–Trinajstić information content (AvgIpc) is 2.77. The summed E-state index contributed by atoms with van der Waals surface area (Å²) in [7, 11) is 0. The Balaban J connectivity index is 2.44. The number of pyridine rings is 1. The molecule has 0 saturated carbocycles. The van der Waals surface area contributed by atoms with Gasteiger partial charge in [0.2, 0.25) is 0 Å². The third-order valence-electron chi connectivity index (χ3n) is 2.14. The zero-order chi connectivity index (χ0) is 11.5. The quantitative estimate of drug-likeness (QED) is 0.802. The Morgan fingerprint density at radius 3 is 3.00 bits per heavy atom. The molecule has 1 atom stereocenters. The second kappa shape index (κ2) is 4.05. The van der Waals surface area contributed by atoms with E-state index in [-0.39, 0.29) is 0 Å². The summed E-state index contributed by atoms with van der Waals surface area (Å²) in [6, 6.07) is 2.69. The van der Waals surface area contributed by atoms with Crippen LogP contribution in [-0.4, -0.2) is 36.3 Å². The number of tetrazole rings is 1. The van der Waals surface area contributed by atoms with Crippen LogP contribution >= 0.6 is 0 Å². The average molecular weight is 219 g/mol. The fourth-order valence-corrected chi connectivity index (χ4v) is 1.24. The molecule has 0 aliphatic rings. The first-order valence-electron chi connectivity index (χ1n) is 4.61. The van der Waals surface area contributed by atoms with Crippen molar-refractivity contribution in [1.82, 2.24) is 25.2 Å². The Kier molecular flexibility index (Phi) is 2.59. The molecule has 0 aromatic carbocycles. The fourth-order valence-electron chi connectivity index (χ4n) is 1.24. The van der Waals surface area contributed by atoms with E-state index in [0.717, 1.165) is 0 Å². The number of carboxylic acid groups (broad SMARTS) is 1. The minimum atomic E-state index is -0.988. The maximum Gasteiger partial charge on any atom is 0.328 e. The van der Waals surface area contributed by atoms with Gasteiger partial charge in [-0.1, -0.05) is 0 Å². The predicted octanol–water partition coefficient (Wildman–Crippen LogP) is 0.381. The molecule has 0 saturated heterocycles. The molecule has 2 aromatic rings. The van der Waals surface area contributed by atoms with E-state index in [4.69, 9.17) is 5.11 Å². The van der Waals surface area contributed by atoms with Gasteiger partial charge in [-0.05, 0) is 29.5 Å². The molecule has 2 heterocycles. The highest BCUT2D eigenvalue weighted by Gasteiger charge is 2.19. The van der Waals surface area contributed by atoms with Crippen LogP contribution in [0.1, 0.15) is 13.0 Å². The van der Waals surface area contributed by atoms with Gasteiger partial charge in [0.05, 0.1) is 0 Å². The summed E-state index contributed by atoms with van der Waals surface area (Å²) in [5, 5.41) is 19.8. The Bertz CT molecular complexity index is 496. The van der Waals surface area contributed by atoms with Crippen molar-refractivity contribution in [1.29, 1.82) is 0 Å². The number of carboxylic acids is 1. The van der Waals surface area contributed by atoms with Crippen molar-refractivity contribution in [3.8, 4) is 11.4 Å². The Morgan fingerprint density at radius 2 is 2.38 bits per heavy atom. The number of aromatic nitrogens is 5. The lowest BCUT2D eigenvalue weighted by atomic mass is 10.2. The molecule has 0 aliphatic heterocycles. The molecule has 0 fully saturated rings. The van der Waals surface area contributed by atoms with Crippen molar-refractivity contribution in [2.75, 3.05) is 0 Å². The summed E-state index contributed by atoms with van der Waals surface area (Å²) in [6.45, 7) is 1.51. The Hall–Kier alpha value is -2.31. The van der Waals surface area contributed by atoms with Crippen molar-refractivity contribution in [3.05, 3.63) is 24.5 Å². The molecule has 0 radical (unpaired) electrons. The Labute approximate surface area is 90.7 Å². The highest BCUT2D eigenvalue weighted by molar-refractivity contribution is 5.72. The number of hydrogen-bond donors (Lipinski definition) is 1. The standard InChI is InChI=1S/C9H9N5O2/c1-6(9(15)16)14-8(11-12-13-14)7-3-2-4-10-5-7/h2-6H,1H3,(H,15,16)/t6-/m1/s1. The summed E-state index contributed by atoms with van der Waals surface area (Å²) < 4.78 is 1.25. The van der Waals surface area contributed by atoms with E-state index < -0.39 is 12.0 Å². The molecule has 2 rings (SSSR count). The first-order valence-corrected chi connectivity index (χ1v) is 4.61. The number of carbonyl (C=O) groups is 1. The molecule has 0 amide bonds. The molecular weight excluding hydrogens is 210 g/mol. The molecule has 1 N–H and O–H groups in total. The summed E-state index contributed by atoms with van der Waals surface area (Å²) in [5.41, 5.74) is 0.681. The summed E-state index contributed by atoms with van der Waals surface area (Å²) in [5.74, 6) is -0.597. The molecular formula is C9H9N5O2. The molecule has 7 nitrogen and oxygen atoms in total. The zero-order valence-corrected chi connectivity index (χ0v) is 8.48. The third kappa shape index (κ3) is 1.74. The summed E-state index contributed by atoms with van der Waals surface area (Å²) in [6.07, 6.45) is 3.20. The van der Waals surface area contributed by atoms with Gasteiger partial charge in [0.15, 0.2) is 11.9 Å². The minimum Gasteiger partial charge on any atom is -0.480 e. The van der Waals surface area contributed by atoms with Crippen LogP contribution in [0.15, 0.2) is 24.5 Å².